The number of amides is 1. The maximum Gasteiger partial charge on any atom is 0.253 e. The van der Waals surface area contributed by atoms with Crippen molar-refractivity contribution in [2.45, 2.75) is 38.8 Å². The van der Waals surface area contributed by atoms with Crippen LogP contribution < -0.4 is 5.32 Å². The van der Waals surface area contributed by atoms with Crippen LogP contribution in [-0.2, 0) is 0 Å². The molecule has 21 heavy (non-hydrogen) atoms. The van der Waals surface area contributed by atoms with E-state index in [9.17, 15) is 9.90 Å². The molecule has 2 heterocycles. The highest BCUT2D eigenvalue weighted by molar-refractivity contribution is 5.94. The van der Waals surface area contributed by atoms with Crippen molar-refractivity contribution in [1.82, 2.24) is 25.1 Å². The van der Waals surface area contributed by atoms with Crippen molar-refractivity contribution in [3.05, 3.63) is 36.5 Å². The second-order valence-corrected chi connectivity index (χ2v) is 5.88. The van der Waals surface area contributed by atoms with E-state index in [2.05, 4.69) is 20.4 Å². The maximum absolute atomic E-state index is 12.2. The normalized spacial score (nSPS) is 12.2. The van der Waals surface area contributed by atoms with Crippen LogP contribution in [0.1, 0.15) is 38.1 Å². The molecular weight excluding hydrogens is 270 g/mol. The summed E-state index contributed by atoms with van der Waals surface area (Å²) in [4.78, 5) is 20.2. The van der Waals surface area contributed by atoms with E-state index >= 15 is 0 Å². The fraction of sp³-hybridized carbons (Fsp3) is 0.429. The van der Waals surface area contributed by atoms with Crippen LogP contribution in [0.4, 0.5) is 0 Å². The Balaban J connectivity index is 2.14. The van der Waals surface area contributed by atoms with Crippen LogP contribution in [0, 0.1) is 0 Å². The lowest BCUT2D eigenvalue weighted by Crippen LogP contribution is -2.57. The van der Waals surface area contributed by atoms with Crippen molar-refractivity contribution in [2.24, 2.45) is 0 Å². The van der Waals surface area contributed by atoms with Gasteiger partial charge in [0.05, 0.1) is 16.7 Å². The Morgan fingerprint density at radius 3 is 2.48 bits per heavy atom. The second kappa shape index (κ2) is 5.25. The lowest BCUT2D eigenvalue weighted by Gasteiger charge is -2.37. The van der Waals surface area contributed by atoms with Gasteiger partial charge in [0.1, 0.15) is 12.7 Å². The molecular formula is C14H19N5O2. The molecule has 0 aliphatic rings. The van der Waals surface area contributed by atoms with Crippen LogP contribution >= 0.6 is 0 Å². The molecule has 0 radical (unpaired) electrons. The molecule has 7 nitrogen and oxygen atoms in total. The highest BCUT2D eigenvalue weighted by atomic mass is 16.3. The minimum atomic E-state index is -1.04. The first-order chi connectivity index (χ1) is 9.71. The number of aliphatic hydroxyl groups is 1. The summed E-state index contributed by atoms with van der Waals surface area (Å²) in [6, 6.07) is 3.33. The van der Waals surface area contributed by atoms with Gasteiger partial charge >= 0.3 is 0 Å². The SMILES string of the molecule is CC(C)(O)C(C)(C)NC(=O)c1ccc(-n2cncn2)nc1. The molecule has 7 heteroatoms. The van der Waals surface area contributed by atoms with Crippen molar-refractivity contribution < 1.29 is 9.90 Å². The van der Waals surface area contributed by atoms with Gasteiger partial charge in [-0.25, -0.2) is 14.6 Å². The van der Waals surface area contributed by atoms with Crippen LogP contribution in [0.2, 0.25) is 0 Å². The van der Waals surface area contributed by atoms with Crippen LogP contribution in [0.25, 0.3) is 5.82 Å². The van der Waals surface area contributed by atoms with Gasteiger partial charge in [0, 0.05) is 6.20 Å². The molecule has 0 fully saturated rings. The van der Waals surface area contributed by atoms with Gasteiger partial charge in [0.15, 0.2) is 5.82 Å². The average Bonchev–Trinajstić information content (AvgIpc) is 2.91. The number of carbonyl (C=O) groups excluding carboxylic acids is 1. The number of nitrogens with one attached hydrogen (secondary N) is 1. The summed E-state index contributed by atoms with van der Waals surface area (Å²) in [6.45, 7) is 6.84. The topological polar surface area (TPSA) is 92.9 Å². The highest BCUT2D eigenvalue weighted by Gasteiger charge is 2.36. The predicted molar refractivity (Wildman–Crippen MR) is 77.0 cm³/mol. The number of hydrogen-bond donors (Lipinski definition) is 2. The first-order valence-electron chi connectivity index (χ1n) is 6.57. The molecule has 112 valence electrons. The van der Waals surface area contributed by atoms with Gasteiger partial charge in [-0.15, -0.1) is 0 Å². The molecule has 2 aromatic rings. The largest absolute Gasteiger partial charge is 0.388 e. The highest BCUT2D eigenvalue weighted by Crippen LogP contribution is 2.21. The van der Waals surface area contributed by atoms with Crippen LogP contribution in [0.3, 0.4) is 0 Å². The van der Waals surface area contributed by atoms with E-state index in [0.717, 1.165) is 0 Å². The Kier molecular flexibility index (Phi) is 3.78. The van der Waals surface area contributed by atoms with Crippen LogP contribution in [-0.4, -0.2) is 41.9 Å². The van der Waals surface area contributed by atoms with E-state index in [1.165, 1.54) is 23.5 Å². The fourth-order valence-electron chi connectivity index (χ4n) is 1.49. The molecule has 0 saturated carbocycles. The van der Waals surface area contributed by atoms with Crippen LogP contribution in [0.15, 0.2) is 31.0 Å². The summed E-state index contributed by atoms with van der Waals surface area (Å²) in [7, 11) is 0. The van der Waals surface area contributed by atoms with Gasteiger partial charge in [-0.2, -0.15) is 5.10 Å². The first kappa shape index (κ1) is 15.1. The molecule has 1 amide bonds. The Morgan fingerprint density at radius 2 is 2.00 bits per heavy atom. The molecule has 0 aliphatic carbocycles. The Bertz CT molecular complexity index is 612. The third kappa shape index (κ3) is 3.25. The second-order valence-electron chi connectivity index (χ2n) is 5.88. The molecule has 2 N–H and O–H groups in total. The van der Waals surface area contributed by atoms with Crippen LogP contribution in [0.5, 0.6) is 0 Å². The Labute approximate surface area is 123 Å². The molecule has 0 saturated heterocycles. The van der Waals surface area contributed by atoms with E-state index in [4.69, 9.17) is 0 Å². The van der Waals surface area contributed by atoms with E-state index < -0.39 is 11.1 Å². The van der Waals surface area contributed by atoms with Gasteiger partial charge in [0.25, 0.3) is 5.91 Å². The number of hydrogen-bond acceptors (Lipinski definition) is 5. The summed E-state index contributed by atoms with van der Waals surface area (Å²) in [5, 5.41) is 16.8. The van der Waals surface area contributed by atoms with Gasteiger partial charge in [-0.3, -0.25) is 4.79 Å². The standard InChI is InChI=1S/C14H19N5O2/c1-13(2,14(3,4)21)18-12(20)10-5-6-11(16-7-10)19-9-15-8-17-19/h5-9,21H,1-4H3,(H,18,20). The molecule has 0 bridgehead atoms. The van der Waals surface area contributed by atoms with E-state index in [1.54, 1.807) is 39.8 Å². The third-order valence-electron chi connectivity index (χ3n) is 3.62. The Hall–Kier alpha value is -2.28. The predicted octanol–water partition coefficient (Wildman–Crippen LogP) is 0.942. The summed E-state index contributed by atoms with van der Waals surface area (Å²) in [5.41, 5.74) is -1.40. The Morgan fingerprint density at radius 1 is 1.29 bits per heavy atom. The molecule has 0 spiro atoms. The van der Waals surface area contributed by atoms with Gasteiger partial charge in [-0.1, -0.05) is 0 Å². The van der Waals surface area contributed by atoms with E-state index in [-0.39, 0.29) is 5.91 Å². The molecule has 2 rings (SSSR count). The number of aromatic nitrogens is 4. The first-order valence-corrected chi connectivity index (χ1v) is 6.57. The number of carbonyl (C=O) groups is 1. The number of nitrogens with zero attached hydrogens (tertiary/aromatic N) is 4. The fourth-order valence-corrected chi connectivity index (χ4v) is 1.49. The quantitative estimate of drug-likeness (QED) is 0.874. The van der Waals surface area contributed by atoms with Crippen molar-refractivity contribution in [3.63, 3.8) is 0 Å². The van der Waals surface area contributed by atoms with Gasteiger partial charge in [0.2, 0.25) is 0 Å². The molecule has 0 atom stereocenters. The molecule has 2 aromatic heterocycles. The molecule has 0 aromatic carbocycles. The average molecular weight is 289 g/mol. The van der Waals surface area contributed by atoms with E-state index in [0.29, 0.717) is 11.4 Å². The van der Waals surface area contributed by atoms with E-state index in [1.807, 2.05) is 0 Å². The van der Waals surface area contributed by atoms with Crippen molar-refractivity contribution in [2.75, 3.05) is 0 Å². The van der Waals surface area contributed by atoms with Crippen molar-refractivity contribution in [1.29, 1.82) is 0 Å². The summed E-state index contributed by atoms with van der Waals surface area (Å²) in [5.74, 6) is 0.283. The third-order valence-corrected chi connectivity index (χ3v) is 3.62. The molecule has 0 aliphatic heterocycles. The molecule has 0 unspecified atom stereocenters. The van der Waals surface area contributed by atoms with Crippen molar-refractivity contribution >= 4 is 5.91 Å². The monoisotopic (exact) mass is 289 g/mol. The summed E-state index contributed by atoms with van der Waals surface area (Å²) >= 11 is 0. The van der Waals surface area contributed by atoms with Crippen molar-refractivity contribution in [3.8, 4) is 5.82 Å². The lowest BCUT2D eigenvalue weighted by molar-refractivity contribution is -0.00293. The zero-order valence-electron chi connectivity index (χ0n) is 12.5. The van der Waals surface area contributed by atoms with Gasteiger partial charge in [-0.05, 0) is 39.8 Å². The summed E-state index contributed by atoms with van der Waals surface area (Å²) in [6.07, 6.45) is 4.40. The number of rotatable bonds is 4. The lowest BCUT2D eigenvalue weighted by atomic mass is 9.86. The minimum absolute atomic E-state index is 0.292. The zero-order chi connectivity index (χ0) is 15.7. The number of pyridine rings is 1. The maximum atomic E-state index is 12.2. The summed E-state index contributed by atoms with van der Waals surface area (Å²) < 4.78 is 1.50. The zero-order valence-corrected chi connectivity index (χ0v) is 12.5. The minimum Gasteiger partial charge on any atom is -0.388 e. The van der Waals surface area contributed by atoms with Gasteiger partial charge < -0.3 is 10.4 Å². The smallest absolute Gasteiger partial charge is 0.253 e.